The Morgan fingerprint density at radius 1 is 1.15 bits per heavy atom. The van der Waals surface area contributed by atoms with Crippen LogP contribution in [0.2, 0.25) is 0 Å². The van der Waals surface area contributed by atoms with Gasteiger partial charge in [0.2, 0.25) is 0 Å². The second-order valence-corrected chi connectivity index (χ2v) is 7.76. The number of rotatable bonds is 6. The van der Waals surface area contributed by atoms with E-state index in [4.69, 9.17) is 0 Å². The number of para-hydroxylation sites is 2. The predicted molar refractivity (Wildman–Crippen MR) is 111 cm³/mol. The maximum atomic E-state index is 12.9. The summed E-state index contributed by atoms with van der Waals surface area (Å²) in [6.07, 6.45) is 1.25. The van der Waals surface area contributed by atoms with E-state index in [2.05, 4.69) is 30.9 Å². The fourth-order valence-corrected chi connectivity index (χ4v) is 3.86. The molecule has 0 bridgehead atoms. The van der Waals surface area contributed by atoms with E-state index in [0.29, 0.717) is 6.54 Å². The second kappa shape index (κ2) is 7.57. The van der Waals surface area contributed by atoms with Crippen LogP contribution in [0.3, 0.4) is 0 Å². The van der Waals surface area contributed by atoms with E-state index >= 15 is 0 Å². The molecule has 0 saturated carbocycles. The van der Waals surface area contributed by atoms with E-state index in [1.165, 1.54) is 5.56 Å². The summed E-state index contributed by atoms with van der Waals surface area (Å²) in [5, 5.41) is 9.85. The van der Waals surface area contributed by atoms with Gasteiger partial charge < -0.3 is 14.9 Å². The van der Waals surface area contributed by atoms with Crippen LogP contribution in [-0.4, -0.2) is 37.1 Å². The molecule has 0 spiro atoms. The highest BCUT2D eigenvalue weighted by atomic mass is 16.3. The SMILES string of the molecule is CC(O)CN(CC(=O)/C=C1\N(C)c2ccccc2C1(C)C)c1ccccc1. The number of carbonyl (C=O) groups excluding carboxylic acids is 1. The lowest BCUT2D eigenvalue weighted by Gasteiger charge is -2.27. The normalized spacial score (nSPS) is 17.7. The highest BCUT2D eigenvalue weighted by molar-refractivity contribution is 5.95. The molecule has 27 heavy (non-hydrogen) atoms. The Morgan fingerprint density at radius 3 is 2.41 bits per heavy atom. The van der Waals surface area contributed by atoms with E-state index in [1.54, 1.807) is 13.0 Å². The smallest absolute Gasteiger partial charge is 0.176 e. The van der Waals surface area contributed by atoms with Crippen LogP contribution in [0.4, 0.5) is 11.4 Å². The molecule has 0 fully saturated rings. The maximum absolute atomic E-state index is 12.9. The number of aliphatic hydroxyl groups excluding tert-OH is 1. The number of allylic oxidation sites excluding steroid dienone is 1. The van der Waals surface area contributed by atoms with Crippen molar-refractivity contribution < 1.29 is 9.90 Å². The maximum Gasteiger partial charge on any atom is 0.176 e. The first kappa shape index (κ1) is 19.2. The molecule has 142 valence electrons. The highest BCUT2D eigenvalue weighted by Crippen LogP contribution is 2.46. The van der Waals surface area contributed by atoms with Gasteiger partial charge in [0.15, 0.2) is 5.78 Å². The van der Waals surface area contributed by atoms with Gasteiger partial charge in [0, 0.05) is 42.2 Å². The molecule has 0 aromatic heterocycles. The summed E-state index contributed by atoms with van der Waals surface area (Å²) in [6, 6.07) is 18.0. The molecule has 2 aromatic rings. The van der Waals surface area contributed by atoms with Crippen LogP contribution in [0.5, 0.6) is 0 Å². The molecule has 1 atom stereocenters. The molecule has 1 N–H and O–H groups in total. The number of hydrogen-bond acceptors (Lipinski definition) is 4. The van der Waals surface area contributed by atoms with Crippen molar-refractivity contribution in [2.24, 2.45) is 0 Å². The van der Waals surface area contributed by atoms with Gasteiger partial charge in [-0.15, -0.1) is 0 Å². The third-order valence-electron chi connectivity index (χ3n) is 5.19. The van der Waals surface area contributed by atoms with Crippen LogP contribution >= 0.6 is 0 Å². The number of carbonyl (C=O) groups is 1. The average Bonchev–Trinajstić information content (AvgIpc) is 2.83. The number of fused-ring (bicyclic) bond motifs is 1. The molecule has 4 heteroatoms. The standard InChI is InChI=1S/C23H28N2O2/c1-17(26)15-25(18-10-6-5-7-11-18)16-19(27)14-22-23(2,3)20-12-8-9-13-21(20)24(22)4/h5-14,17,26H,15-16H2,1-4H3/b22-14-. The summed E-state index contributed by atoms with van der Waals surface area (Å²) < 4.78 is 0. The van der Waals surface area contributed by atoms with Gasteiger partial charge >= 0.3 is 0 Å². The quantitative estimate of drug-likeness (QED) is 0.793. The first-order valence-electron chi connectivity index (χ1n) is 9.37. The van der Waals surface area contributed by atoms with Crippen molar-refractivity contribution in [3.63, 3.8) is 0 Å². The minimum absolute atomic E-state index is 0.0298. The summed E-state index contributed by atoms with van der Waals surface area (Å²) in [6.45, 7) is 6.69. The van der Waals surface area contributed by atoms with Crippen molar-refractivity contribution in [1.82, 2.24) is 0 Å². The molecule has 0 radical (unpaired) electrons. The van der Waals surface area contributed by atoms with Gasteiger partial charge in [0.05, 0.1) is 12.6 Å². The summed E-state index contributed by atoms with van der Waals surface area (Å²) in [4.78, 5) is 17.0. The van der Waals surface area contributed by atoms with E-state index < -0.39 is 6.10 Å². The van der Waals surface area contributed by atoms with Gasteiger partial charge in [0.1, 0.15) is 0 Å². The predicted octanol–water partition coefficient (Wildman–Crippen LogP) is 3.75. The number of likely N-dealkylation sites (N-methyl/N-ethyl adjacent to an activating group) is 1. The molecule has 3 rings (SSSR count). The number of aliphatic hydroxyl groups is 1. The lowest BCUT2D eigenvalue weighted by molar-refractivity contribution is -0.113. The molecular formula is C23H28N2O2. The molecule has 0 aliphatic carbocycles. The van der Waals surface area contributed by atoms with Crippen molar-refractivity contribution in [1.29, 1.82) is 0 Å². The molecule has 0 amide bonds. The largest absolute Gasteiger partial charge is 0.392 e. The van der Waals surface area contributed by atoms with Crippen LogP contribution in [0, 0.1) is 0 Å². The van der Waals surface area contributed by atoms with Gasteiger partial charge in [-0.1, -0.05) is 50.2 Å². The number of hydrogen-bond donors (Lipinski definition) is 1. The molecular weight excluding hydrogens is 336 g/mol. The molecule has 1 aliphatic heterocycles. The topological polar surface area (TPSA) is 43.8 Å². The Balaban J connectivity index is 1.85. The van der Waals surface area contributed by atoms with Gasteiger partial charge in [-0.25, -0.2) is 0 Å². The summed E-state index contributed by atoms with van der Waals surface area (Å²) >= 11 is 0. The second-order valence-electron chi connectivity index (χ2n) is 7.76. The molecule has 4 nitrogen and oxygen atoms in total. The van der Waals surface area contributed by atoms with Gasteiger partial charge in [-0.05, 0) is 30.7 Å². The summed E-state index contributed by atoms with van der Waals surface area (Å²) in [5.41, 5.74) is 4.09. The minimum Gasteiger partial charge on any atom is -0.392 e. The number of benzene rings is 2. The first-order valence-corrected chi connectivity index (χ1v) is 9.37. The van der Waals surface area contributed by atoms with Gasteiger partial charge in [0.25, 0.3) is 0 Å². The van der Waals surface area contributed by atoms with Crippen LogP contribution < -0.4 is 9.80 Å². The van der Waals surface area contributed by atoms with Crippen molar-refractivity contribution >= 4 is 17.2 Å². The Bertz CT molecular complexity index is 840. The van der Waals surface area contributed by atoms with Crippen LogP contribution in [-0.2, 0) is 10.2 Å². The molecule has 2 aromatic carbocycles. The molecule has 1 heterocycles. The van der Waals surface area contributed by atoms with Gasteiger partial charge in [-0.3, -0.25) is 4.79 Å². The Kier molecular flexibility index (Phi) is 5.38. The zero-order valence-corrected chi connectivity index (χ0v) is 16.5. The summed E-state index contributed by atoms with van der Waals surface area (Å²) in [5.74, 6) is 0.0298. The molecule has 1 aliphatic rings. The van der Waals surface area contributed by atoms with Crippen molar-refractivity contribution in [2.45, 2.75) is 32.3 Å². The zero-order valence-electron chi connectivity index (χ0n) is 16.5. The van der Waals surface area contributed by atoms with E-state index in [1.807, 2.05) is 54.4 Å². The Morgan fingerprint density at radius 2 is 1.78 bits per heavy atom. The third-order valence-corrected chi connectivity index (χ3v) is 5.19. The van der Waals surface area contributed by atoms with Gasteiger partial charge in [-0.2, -0.15) is 0 Å². The lowest BCUT2D eigenvalue weighted by Crippen LogP contribution is -2.35. The number of ketones is 1. The van der Waals surface area contributed by atoms with E-state index in [0.717, 1.165) is 17.1 Å². The number of anilines is 2. The fraction of sp³-hybridized carbons (Fsp3) is 0.348. The highest BCUT2D eigenvalue weighted by Gasteiger charge is 2.38. The van der Waals surface area contributed by atoms with Crippen molar-refractivity contribution in [2.75, 3.05) is 29.9 Å². The first-order chi connectivity index (χ1) is 12.8. The van der Waals surface area contributed by atoms with E-state index in [-0.39, 0.29) is 17.7 Å². The van der Waals surface area contributed by atoms with Crippen LogP contribution in [0.1, 0.15) is 26.3 Å². The van der Waals surface area contributed by atoms with Crippen LogP contribution in [0.25, 0.3) is 0 Å². The third kappa shape index (κ3) is 3.91. The fourth-order valence-electron chi connectivity index (χ4n) is 3.86. The van der Waals surface area contributed by atoms with Crippen LogP contribution in [0.15, 0.2) is 66.4 Å². The Hall–Kier alpha value is -2.59. The molecule has 1 unspecified atom stereocenters. The van der Waals surface area contributed by atoms with Crippen molar-refractivity contribution in [3.05, 3.63) is 71.9 Å². The lowest BCUT2D eigenvalue weighted by atomic mass is 9.83. The Labute approximate surface area is 161 Å². The zero-order chi connectivity index (χ0) is 19.6. The monoisotopic (exact) mass is 364 g/mol. The molecule has 0 saturated heterocycles. The summed E-state index contributed by atoms with van der Waals surface area (Å²) in [7, 11) is 2.01. The number of nitrogens with zero attached hydrogens (tertiary/aromatic N) is 2. The average molecular weight is 364 g/mol. The van der Waals surface area contributed by atoms with Crippen molar-refractivity contribution in [3.8, 4) is 0 Å². The van der Waals surface area contributed by atoms with E-state index in [9.17, 15) is 9.90 Å². The minimum atomic E-state index is -0.513.